The van der Waals surface area contributed by atoms with Crippen LogP contribution in [-0.2, 0) is 16.0 Å². The van der Waals surface area contributed by atoms with Crippen molar-refractivity contribution >= 4 is 35.0 Å². The van der Waals surface area contributed by atoms with Crippen molar-refractivity contribution < 1.29 is 14.7 Å². The molecule has 1 aliphatic rings. The highest BCUT2D eigenvalue weighted by atomic mass is 32.2. The van der Waals surface area contributed by atoms with Gasteiger partial charge < -0.3 is 10.0 Å². The number of carbonyl (C=O) groups is 2. The third-order valence-corrected chi connectivity index (χ3v) is 4.87. The minimum atomic E-state index is -0.979. The highest BCUT2D eigenvalue weighted by Gasteiger charge is 2.30. The standard InChI is InChI=1S/C11H13NO3S2/c1-12(6-9(13)14)11(15)10-7-2-4-16-8(7)3-5-17-10/h2,4,10H,3,5-6H2,1H3,(H,13,14). The van der Waals surface area contributed by atoms with Crippen LogP contribution in [-0.4, -0.2) is 41.2 Å². The van der Waals surface area contributed by atoms with Crippen molar-refractivity contribution in [1.29, 1.82) is 0 Å². The molecule has 0 saturated carbocycles. The van der Waals surface area contributed by atoms with Crippen LogP contribution in [0.25, 0.3) is 0 Å². The summed E-state index contributed by atoms with van der Waals surface area (Å²) >= 11 is 3.27. The summed E-state index contributed by atoms with van der Waals surface area (Å²) in [7, 11) is 1.54. The van der Waals surface area contributed by atoms with Crippen LogP contribution in [0.4, 0.5) is 0 Å². The van der Waals surface area contributed by atoms with Gasteiger partial charge in [0.2, 0.25) is 5.91 Å². The van der Waals surface area contributed by atoms with Crippen molar-refractivity contribution in [1.82, 2.24) is 4.90 Å². The molecule has 1 aliphatic heterocycles. The molecule has 1 atom stereocenters. The second kappa shape index (κ2) is 5.10. The highest BCUT2D eigenvalue weighted by Crippen LogP contribution is 2.40. The molecule has 92 valence electrons. The first-order valence-electron chi connectivity index (χ1n) is 5.24. The molecule has 0 saturated heterocycles. The topological polar surface area (TPSA) is 57.6 Å². The lowest BCUT2D eigenvalue weighted by Gasteiger charge is -2.25. The molecule has 4 nitrogen and oxygen atoms in total. The quantitative estimate of drug-likeness (QED) is 0.907. The van der Waals surface area contributed by atoms with Gasteiger partial charge in [0, 0.05) is 11.9 Å². The molecule has 0 fully saturated rings. The number of aryl methyl sites for hydroxylation is 1. The lowest BCUT2D eigenvalue weighted by atomic mass is 10.1. The second-order valence-corrected chi connectivity index (χ2v) is 6.10. The zero-order valence-electron chi connectivity index (χ0n) is 9.38. The van der Waals surface area contributed by atoms with Crippen LogP contribution in [0.2, 0.25) is 0 Å². The molecule has 1 unspecified atom stereocenters. The first kappa shape index (κ1) is 12.4. The molecule has 0 spiro atoms. The summed E-state index contributed by atoms with van der Waals surface area (Å²) in [5.74, 6) is -0.172. The number of thiophene rings is 1. The summed E-state index contributed by atoms with van der Waals surface area (Å²) in [6.07, 6.45) is 1.00. The van der Waals surface area contributed by atoms with Crippen molar-refractivity contribution in [3.63, 3.8) is 0 Å². The van der Waals surface area contributed by atoms with Crippen LogP contribution in [0.5, 0.6) is 0 Å². The maximum Gasteiger partial charge on any atom is 0.323 e. The summed E-state index contributed by atoms with van der Waals surface area (Å²) in [6.45, 7) is -0.241. The van der Waals surface area contributed by atoms with Gasteiger partial charge in [-0.15, -0.1) is 23.1 Å². The molecule has 1 aromatic heterocycles. The molecule has 0 aromatic carbocycles. The van der Waals surface area contributed by atoms with Crippen LogP contribution in [0.15, 0.2) is 11.4 Å². The van der Waals surface area contributed by atoms with Gasteiger partial charge in [-0.2, -0.15) is 0 Å². The predicted molar refractivity (Wildman–Crippen MR) is 68.5 cm³/mol. The minimum absolute atomic E-state index is 0.114. The van der Waals surface area contributed by atoms with Gasteiger partial charge >= 0.3 is 5.97 Å². The van der Waals surface area contributed by atoms with Crippen LogP contribution < -0.4 is 0 Å². The van der Waals surface area contributed by atoms with Gasteiger partial charge in [0.05, 0.1) is 0 Å². The van der Waals surface area contributed by atoms with E-state index in [1.165, 1.54) is 16.8 Å². The Morgan fingerprint density at radius 1 is 1.59 bits per heavy atom. The van der Waals surface area contributed by atoms with Crippen LogP contribution >= 0.6 is 23.1 Å². The van der Waals surface area contributed by atoms with Gasteiger partial charge in [-0.25, -0.2) is 0 Å². The van der Waals surface area contributed by atoms with Crippen molar-refractivity contribution in [3.8, 4) is 0 Å². The number of hydrogen-bond acceptors (Lipinski definition) is 4. The lowest BCUT2D eigenvalue weighted by Crippen LogP contribution is -2.35. The van der Waals surface area contributed by atoms with Crippen LogP contribution in [0.1, 0.15) is 15.7 Å². The third-order valence-electron chi connectivity index (χ3n) is 2.65. The van der Waals surface area contributed by atoms with Gasteiger partial charge in [-0.05, 0) is 29.2 Å². The fourth-order valence-electron chi connectivity index (χ4n) is 1.83. The van der Waals surface area contributed by atoms with Gasteiger partial charge in [0.25, 0.3) is 0 Å². The summed E-state index contributed by atoms with van der Waals surface area (Å²) in [4.78, 5) is 25.3. The van der Waals surface area contributed by atoms with Crippen molar-refractivity contribution in [2.24, 2.45) is 0 Å². The van der Waals surface area contributed by atoms with E-state index in [2.05, 4.69) is 0 Å². The van der Waals surface area contributed by atoms with Gasteiger partial charge in [0.15, 0.2) is 0 Å². The highest BCUT2D eigenvalue weighted by molar-refractivity contribution is 8.00. The number of thioether (sulfide) groups is 1. The summed E-state index contributed by atoms with van der Waals surface area (Å²) < 4.78 is 0. The number of carbonyl (C=O) groups excluding carboxylic acids is 1. The second-order valence-electron chi connectivity index (χ2n) is 3.89. The van der Waals surface area contributed by atoms with Gasteiger partial charge in [0.1, 0.15) is 11.8 Å². The Labute approximate surface area is 108 Å². The Kier molecular flexibility index (Phi) is 3.73. The van der Waals surface area contributed by atoms with E-state index in [1.807, 2.05) is 11.4 Å². The first-order chi connectivity index (χ1) is 8.09. The number of carboxylic acid groups (broad SMARTS) is 1. The summed E-state index contributed by atoms with van der Waals surface area (Å²) in [5.41, 5.74) is 1.06. The monoisotopic (exact) mass is 271 g/mol. The largest absolute Gasteiger partial charge is 0.480 e. The number of rotatable bonds is 3. The molecule has 0 radical (unpaired) electrons. The number of aliphatic carboxylic acids is 1. The number of amides is 1. The van der Waals surface area contributed by atoms with E-state index in [1.54, 1.807) is 23.1 Å². The molecule has 1 aromatic rings. The van der Waals surface area contributed by atoms with E-state index in [-0.39, 0.29) is 17.7 Å². The Morgan fingerprint density at radius 2 is 2.35 bits per heavy atom. The van der Waals surface area contributed by atoms with Crippen molar-refractivity contribution in [2.45, 2.75) is 11.7 Å². The molecular formula is C11H13NO3S2. The van der Waals surface area contributed by atoms with Crippen LogP contribution in [0.3, 0.4) is 0 Å². The Balaban J connectivity index is 2.14. The third kappa shape index (κ3) is 2.63. The number of likely N-dealkylation sites (N-methyl/N-ethyl adjacent to an activating group) is 1. The molecule has 2 rings (SSSR count). The van der Waals surface area contributed by atoms with E-state index in [9.17, 15) is 9.59 Å². The molecule has 0 bridgehead atoms. The van der Waals surface area contributed by atoms with Gasteiger partial charge in [-0.1, -0.05) is 0 Å². The van der Waals surface area contributed by atoms with E-state index in [0.29, 0.717) is 0 Å². The summed E-state index contributed by atoms with van der Waals surface area (Å²) in [5, 5.41) is 10.5. The zero-order chi connectivity index (χ0) is 12.4. The van der Waals surface area contributed by atoms with E-state index in [4.69, 9.17) is 5.11 Å². The van der Waals surface area contributed by atoms with Crippen molar-refractivity contribution in [2.75, 3.05) is 19.3 Å². The molecule has 6 heteroatoms. The molecular weight excluding hydrogens is 258 g/mol. The van der Waals surface area contributed by atoms with Crippen molar-refractivity contribution in [3.05, 3.63) is 21.9 Å². The van der Waals surface area contributed by atoms with E-state index >= 15 is 0 Å². The Morgan fingerprint density at radius 3 is 3.06 bits per heavy atom. The first-order valence-corrected chi connectivity index (χ1v) is 7.17. The molecule has 1 amide bonds. The maximum atomic E-state index is 12.1. The molecule has 17 heavy (non-hydrogen) atoms. The number of fused-ring (bicyclic) bond motifs is 1. The summed E-state index contributed by atoms with van der Waals surface area (Å²) in [6, 6.07) is 1.98. The molecule has 2 heterocycles. The normalized spacial score (nSPS) is 18.5. The number of nitrogens with zero attached hydrogens (tertiary/aromatic N) is 1. The smallest absolute Gasteiger partial charge is 0.323 e. The maximum absolute atomic E-state index is 12.1. The Hall–Kier alpha value is -1.01. The zero-order valence-corrected chi connectivity index (χ0v) is 11.0. The van der Waals surface area contributed by atoms with Gasteiger partial charge in [-0.3, -0.25) is 9.59 Å². The predicted octanol–water partition coefficient (Wildman–Crippen LogP) is 1.62. The molecule has 1 N–H and O–H groups in total. The lowest BCUT2D eigenvalue weighted by molar-refractivity contribution is -0.143. The Bertz CT molecular complexity index is 444. The number of carboxylic acids is 1. The average Bonchev–Trinajstić information content (AvgIpc) is 2.74. The minimum Gasteiger partial charge on any atom is -0.480 e. The van der Waals surface area contributed by atoms with E-state index < -0.39 is 5.97 Å². The fourth-order valence-corrected chi connectivity index (χ4v) is 4.24. The average molecular weight is 271 g/mol. The number of hydrogen-bond donors (Lipinski definition) is 1. The fraction of sp³-hybridized carbons (Fsp3) is 0.455. The SMILES string of the molecule is CN(CC(=O)O)C(=O)C1SCCc2sccc21. The van der Waals surface area contributed by atoms with Crippen LogP contribution in [0, 0.1) is 0 Å². The molecule has 0 aliphatic carbocycles. The van der Waals surface area contributed by atoms with E-state index in [0.717, 1.165) is 17.7 Å².